The summed E-state index contributed by atoms with van der Waals surface area (Å²) in [6.07, 6.45) is 1.37. The molecule has 1 aromatic heterocycles. The lowest BCUT2D eigenvalue weighted by Crippen LogP contribution is -2.15. The van der Waals surface area contributed by atoms with Crippen LogP contribution in [0.5, 0.6) is 5.75 Å². The highest BCUT2D eigenvalue weighted by atomic mass is 16.5. The molecule has 27 heavy (non-hydrogen) atoms. The van der Waals surface area contributed by atoms with Crippen molar-refractivity contribution in [3.63, 3.8) is 0 Å². The molecule has 138 valence electrons. The molecule has 0 aliphatic rings. The molecule has 6 nitrogen and oxygen atoms in total. The Hall–Kier alpha value is -3.41. The van der Waals surface area contributed by atoms with Crippen LogP contribution in [0.1, 0.15) is 28.5 Å². The van der Waals surface area contributed by atoms with Gasteiger partial charge in [-0.2, -0.15) is 0 Å². The third-order valence-electron chi connectivity index (χ3n) is 3.98. The van der Waals surface area contributed by atoms with Crippen molar-refractivity contribution in [3.05, 3.63) is 71.7 Å². The van der Waals surface area contributed by atoms with Gasteiger partial charge in [-0.25, -0.2) is 9.97 Å². The van der Waals surface area contributed by atoms with Crippen LogP contribution in [-0.4, -0.2) is 22.5 Å². The minimum absolute atomic E-state index is 0.277. The lowest BCUT2D eigenvalue weighted by molar-refractivity contribution is 0.102. The zero-order valence-corrected chi connectivity index (χ0v) is 15.6. The van der Waals surface area contributed by atoms with Crippen LogP contribution >= 0.6 is 0 Å². The molecule has 0 unspecified atom stereocenters. The zero-order chi connectivity index (χ0) is 19.2. The standard InChI is InChI=1S/C21H22N4O2/c1-4-27-17-9-7-16(8-10-17)24-20-12-19(22-13-23-20)21(26)25-18-11-14(2)5-6-15(18)3/h5-13H,4H2,1-3H3,(H,25,26)(H,22,23,24). The number of anilines is 3. The van der Waals surface area contributed by atoms with Gasteiger partial charge in [-0.3, -0.25) is 4.79 Å². The summed E-state index contributed by atoms with van der Waals surface area (Å²) >= 11 is 0. The molecule has 0 spiro atoms. The number of nitrogens with one attached hydrogen (secondary N) is 2. The lowest BCUT2D eigenvalue weighted by Gasteiger charge is -2.10. The molecule has 1 heterocycles. The maximum atomic E-state index is 12.6. The van der Waals surface area contributed by atoms with Crippen LogP contribution in [0.15, 0.2) is 54.9 Å². The summed E-state index contributed by atoms with van der Waals surface area (Å²) in [5, 5.41) is 6.07. The Morgan fingerprint density at radius 2 is 1.81 bits per heavy atom. The van der Waals surface area contributed by atoms with Gasteiger partial charge in [0.25, 0.3) is 5.91 Å². The van der Waals surface area contributed by atoms with Crippen molar-refractivity contribution in [2.75, 3.05) is 17.2 Å². The number of aromatic nitrogens is 2. The van der Waals surface area contributed by atoms with Gasteiger partial charge in [0.15, 0.2) is 0 Å². The first-order valence-electron chi connectivity index (χ1n) is 8.75. The van der Waals surface area contributed by atoms with Crippen LogP contribution in [0, 0.1) is 13.8 Å². The summed E-state index contributed by atoms with van der Waals surface area (Å²) < 4.78 is 5.43. The number of aryl methyl sites for hydroxylation is 2. The van der Waals surface area contributed by atoms with Gasteiger partial charge >= 0.3 is 0 Å². The number of rotatable bonds is 6. The van der Waals surface area contributed by atoms with E-state index in [0.717, 1.165) is 28.3 Å². The molecule has 0 saturated carbocycles. The molecular weight excluding hydrogens is 340 g/mol. The second-order valence-corrected chi connectivity index (χ2v) is 6.14. The van der Waals surface area contributed by atoms with Crippen molar-refractivity contribution in [1.29, 1.82) is 0 Å². The number of ether oxygens (including phenoxy) is 1. The Labute approximate surface area is 158 Å². The minimum Gasteiger partial charge on any atom is -0.494 e. The van der Waals surface area contributed by atoms with Gasteiger partial charge in [0.1, 0.15) is 23.6 Å². The molecule has 6 heteroatoms. The molecule has 0 aliphatic carbocycles. The Morgan fingerprint density at radius 1 is 1.04 bits per heavy atom. The Morgan fingerprint density at radius 3 is 2.56 bits per heavy atom. The van der Waals surface area contributed by atoms with Crippen LogP contribution in [0.2, 0.25) is 0 Å². The fourth-order valence-corrected chi connectivity index (χ4v) is 2.56. The monoisotopic (exact) mass is 362 g/mol. The van der Waals surface area contributed by atoms with Gasteiger partial charge < -0.3 is 15.4 Å². The van der Waals surface area contributed by atoms with Crippen molar-refractivity contribution in [2.24, 2.45) is 0 Å². The third kappa shape index (κ3) is 4.82. The van der Waals surface area contributed by atoms with Crippen LogP contribution in [0.3, 0.4) is 0 Å². The van der Waals surface area contributed by atoms with Gasteiger partial charge in [-0.05, 0) is 62.2 Å². The van der Waals surface area contributed by atoms with E-state index in [1.165, 1.54) is 6.33 Å². The molecule has 2 N–H and O–H groups in total. The van der Waals surface area contributed by atoms with E-state index in [1.807, 2.05) is 63.2 Å². The number of carbonyl (C=O) groups is 1. The van der Waals surface area contributed by atoms with Crippen molar-refractivity contribution < 1.29 is 9.53 Å². The van der Waals surface area contributed by atoms with Gasteiger partial charge in [-0.1, -0.05) is 12.1 Å². The highest BCUT2D eigenvalue weighted by Crippen LogP contribution is 2.20. The largest absolute Gasteiger partial charge is 0.494 e. The molecule has 2 aromatic carbocycles. The van der Waals surface area contributed by atoms with Gasteiger partial charge in [-0.15, -0.1) is 0 Å². The summed E-state index contributed by atoms with van der Waals surface area (Å²) in [6, 6.07) is 15.1. The summed E-state index contributed by atoms with van der Waals surface area (Å²) in [4.78, 5) is 20.8. The molecule has 3 rings (SSSR count). The summed E-state index contributed by atoms with van der Waals surface area (Å²) in [7, 11) is 0. The summed E-state index contributed by atoms with van der Waals surface area (Å²) in [6.45, 7) is 6.50. The number of amides is 1. The third-order valence-corrected chi connectivity index (χ3v) is 3.98. The number of nitrogens with zero attached hydrogens (tertiary/aromatic N) is 2. The SMILES string of the molecule is CCOc1ccc(Nc2cc(C(=O)Nc3cc(C)ccc3C)ncn2)cc1. The fourth-order valence-electron chi connectivity index (χ4n) is 2.56. The van der Waals surface area contributed by atoms with Gasteiger partial charge in [0.2, 0.25) is 0 Å². The smallest absolute Gasteiger partial charge is 0.274 e. The minimum atomic E-state index is -0.277. The molecule has 3 aromatic rings. The molecule has 0 bridgehead atoms. The zero-order valence-electron chi connectivity index (χ0n) is 15.6. The molecule has 0 aliphatic heterocycles. The summed E-state index contributed by atoms with van der Waals surface area (Å²) in [5.74, 6) is 1.07. The van der Waals surface area contributed by atoms with E-state index >= 15 is 0 Å². The van der Waals surface area contributed by atoms with E-state index in [9.17, 15) is 4.79 Å². The first kappa shape index (κ1) is 18.4. The molecular formula is C21H22N4O2. The average molecular weight is 362 g/mol. The van der Waals surface area contributed by atoms with E-state index in [2.05, 4.69) is 20.6 Å². The van der Waals surface area contributed by atoms with Crippen molar-refractivity contribution in [2.45, 2.75) is 20.8 Å². The van der Waals surface area contributed by atoms with Crippen molar-refractivity contribution >= 4 is 23.1 Å². The van der Waals surface area contributed by atoms with Crippen LogP contribution < -0.4 is 15.4 Å². The first-order valence-corrected chi connectivity index (χ1v) is 8.75. The number of carbonyl (C=O) groups excluding carboxylic acids is 1. The van der Waals surface area contributed by atoms with Crippen molar-refractivity contribution in [3.8, 4) is 5.75 Å². The molecule has 0 fully saturated rings. The van der Waals surface area contributed by atoms with E-state index in [-0.39, 0.29) is 5.91 Å². The Kier molecular flexibility index (Phi) is 5.66. The first-order chi connectivity index (χ1) is 13.0. The highest BCUT2D eigenvalue weighted by Gasteiger charge is 2.11. The van der Waals surface area contributed by atoms with Crippen LogP contribution in [-0.2, 0) is 0 Å². The fraction of sp³-hybridized carbons (Fsp3) is 0.190. The van der Waals surface area contributed by atoms with Gasteiger partial charge in [0, 0.05) is 17.4 Å². The molecule has 0 atom stereocenters. The topological polar surface area (TPSA) is 76.1 Å². The maximum Gasteiger partial charge on any atom is 0.274 e. The van der Waals surface area contributed by atoms with Crippen LogP contribution in [0.25, 0.3) is 0 Å². The quantitative estimate of drug-likeness (QED) is 0.676. The van der Waals surface area contributed by atoms with E-state index in [1.54, 1.807) is 6.07 Å². The summed E-state index contributed by atoms with van der Waals surface area (Å²) in [5.41, 5.74) is 3.99. The van der Waals surface area contributed by atoms with E-state index < -0.39 is 0 Å². The predicted molar refractivity (Wildman–Crippen MR) is 107 cm³/mol. The molecule has 0 radical (unpaired) electrons. The van der Waals surface area contributed by atoms with Crippen molar-refractivity contribution in [1.82, 2.24) is 9.97 Å². The second kappa shape index (κ2) is 8.31. The Bertz CT molecular complexity index is 939. The van der Waals surface area contributed by atoms with Gasteiger partial charge in [0.05, 0.1) is 6.61 Å². The second-order valence-electron chi connectivity index (χ2n) is 6.14. The average Bonchev–Trinajstić information content (AvgIpc) is 2.67. The van der Waals surface area contributed by atoms with Crippen LogP contribution in [0.4, 0.5) is 17.2 Å². The molecule has 0 saturated heterocycles. The number of hydrogen-bond acceptors (Lipinski definition) is 5. The number of benzene rings is 2. The predicted octanol–water partition coefficient (Wildman–Crippen LogP) is 4.49. The number of hydrogen-bond donors (Lipinski definition) is 2. The van der Waals surface area contributed by atoms with E-state index in [4.69, 9.17) is 4.74 Å². The lowest BCUT2D eigenvalue weighted by atomic mass is 10.1. The highest BCUT2D eigenvalue weighted by molar-refractivity contribution is 6.03. The molecule has 1 amide bonds. The maximum absolute atomic E-state index is 12.6. The van der Waals surface area contributed by atoms with E-state index in [0.29, 0.717) is 18.1 Å². The Balaban J connectivity index is 1.72. The normalized spacial score (nSPS) is 10.3.